The van der Waals surface area contributed by atoms with Gasteiger partial charge in [0.2, 0.25) is 0 Å². The predicted octanol–water partition coefficient (Wildman–Crippen LogP) is 0.0392. The highest BCUT2D eigenvalue weighted by Gasteiger charge is 2.30. The Morgan fingerprint density at radius 1 is 1.46 bits per heavy atom. The van der Waals surface area contributed by atoms with Gasteiger partial charge in [0, 0.05) is 0 Å². The van der Waals surface area contributed by atoms with Gasteiger partial charge in [0.05, 0.1) is 19.6 Å². The van der Waals surface area contributed by atoms with Gasteiger partial charge in [-0.1, -0.05) is 0 Å². The molecule has 0 bridgehead atoms. The van der Waals surface area contributed by atoms with E-state index < -0.39 is 12.1 Å². The molecule has 1 heterocycles. The molecule has 13 heavy (non-hydrogen) atoms. The van der Waals surface area contributed by atoms with Crippen LogP contribution in [0.2, 0.25) is 0 Å². The summed E-state index contributed by atoms with van der Waals surface area (Å²) >= 11 is 0. The first-order valence-electron chi connectivity index (χ1n) is 4.07. The van der Waals surface area contributed by atoms with Gasteiger partial charge in [-0.3, -0.25) is 4.79 Å². The molecule has 1 aliphatic heterocycles. The third kappa shape index (κ3) is 2.42. The van der Waals surface area contributed by atoms with Crippen LogP contribution in [0.15, 0.2) is 0 Å². The summed E-state index contributed by atoms with van der Waals surface area (Å²) in [7, 11) is 1.31. The molecule has 5 heteroatoms. The number of methoxy groups -OCH3 is 1. The van der Waals surface area contributed by atoms with Crippen molar-refractivity contribution in [1.29, 1.82) is 0 Å². The quantitative estimate of drug-likeness (QED) is 0.619. The van der Waals surface area contributed by atoms with E-state index in [-0.39, 0.29) is 18.5 Å². The average molecular weight is 188 g/mol. The first-order valence-corrected chi connectivity index (χ1v) is 4.07. The fourth-order valence-corrected chi connectivity index (χ4v) is 1.30. The number of carboxylic acids is 1. The summed E-state index contributed by atoms with van der Waals surface area (Å²) in [5.74, 6) is -1.60. The minimum atomic E-state index is -0.969. The molecule has 1 saturated heterocycles. The molecule has 74 valence electrons. The van der Waals surface area contributed by atoms with E-state index in [1.165, 1.54) is 7.11 Å². The molecule has 2 atom stereocenters. The highest BCUT2D eigenvalue weighted by Crippen LogP contribution is 2.19. The Kier molecular flexibility index (Phi) is 3.25. The number of aliphatic carboxylic acids is 1. The number of esters is 1. The van der Waals surface area contributed by atoms with Crippen LogP contribution in [-0.4, -0.2) is 36.9 Å². The molecule has 0 aromatic heterocycles. The number of carboxylic acid groups (broad SMARTS) is 1. The van der Waals surface area contributed by atoms with Crippen LogP contribution in [0.3, 0.4) is 0 Å². The van der Waals surface area contributed by atoms with E-state index in [4.69, 9.17) is 9.84 Å². The second kappa shape index (κ2) is 4.23. The summed E-state index contributed by atoms with van der Waals surface area (Å²) in [6.45, 7) is 0.143. The molecule has 1 fully saturated rings. The Morgan fingerprint density at radius 3 is 2.54 bits per heavy atom. The van der Waals surface area contributed by atoms with Gasteiger partial charge in [0.1, 0.15) is 0 Å². The average Bonchev–Trinajstić information content (AvgIpc) is 2.17. The zero-order valence-corrected chi connectivity index (χ0v) is 7.36. The zero-order valence-electron chi connectivity index (χ0n) is 7.36. The van der Waals surface area contributed by atoms with E-state index in [1.54, 1.807) is 0 Å². The lowest BCUT2D eigenvalue weighted by Crippen LogP contribution is -2.35. The Hall–Kier alpha value is -1.10. The standard InChI is InChI=1S/C8H12O5/c1-12-8(11)5-2-3-6(7(9)10)13-4-5/h5-6H,2-4H2,1H3,(H,9,10). The molecular weight excluding hydrogens is 176 g/mol. The van der Waals surface area contributed by atoms with Gasteiger partial charge in [-0.2, -0.15) is 0 Å². The Bertz CT molecular complexity index is 205. The van der Waals surface area contributed by atoms with Crippen LogP contribution in [0.1, 0.15) is 12.8 Å². The van der Waals surface area contributed by atoms with Crippen molar-refractivity contribution in [2.24, 2.45) is 5.92 Å². The fourth-order valence-electron chi connectivity index (χ4n) is 1.30. The molecule has 1 N–H and O–H groups in total. The number of rotatable bonds is 2. The summed E-state index contributed by atoms with van der Waals surface area (Å²) in [4.78, 5) is 21.5. The van der Waals surface area contributed by atoms with E-state index in [2.05, 4.69) is 4.74 Å². The van der Waals surface area contributed by atoms with Crippen LogP contribution in [0.4, 0.5) is 0 Å². The molecule has 0 amide bonds. The maximum atomic E-state index is 11.0. The Morgan fingerprint density at radius 2 is 2.15 bits per heavy atom. The van der Waals surface area contributed by atoms with Crippen LogP contribution in [0.25, 0.3) is 0 Å². The molecule has 1 aliphatic rings. The molecule has 5 nitrogen and oxygen atoms in total. The first-order chi connectivity index (χ1) is 6.15. The molecule has 0 aliphatic carbocycles. The highest BCUT2D eigenvalue weighted by molar-refractivity contribution is 5.74. The number of ether oxygens (including phenoxy) is 2. The SMILES string of the molecule is COC(=O)C1CCC(C(=O)O)OC1. The third-order valence-electron chi connectivity index (χ3n) is 2.09. The van der Waals surface area contributed by atoms with Crippen LogP contribution >= 0.6 is 0 Å². The maximum Gasteiger partial charge on any atom is 0.332 e. The van der Waals surface area contributed by atoms with E-state index in [0.717, 1.165) is 0 Å². The van der Waals surface area contributed by atoms with Crippen LogP contribution < -0.4 is 0 Å². The Balaban J connectivity index is 2.39. The van der Waals surface area contributed by atoms with E-state index >= 15 is 0 Å². The van der Waals surface area contributed by atoms with Crippen LogP contribution in [-0.2, 0) is 19.1 Å². The van der Waals surface area contributed by atoms with Crippen molar-refractivity contribution in [3.63, 3.8) is 0 Å². The fraction of sp³-hybridized carbons (Fsp3) is 0.750. The molecule has 2 unspecified atom stereocenters. The van der Waals surface area contributed by atoms with Crippen molar-refractivity contribution in [2.45, 2.75) is 18.9 Å². The first kappa shape index (κ1) is 9.98. The molecular formula is C8H12O5. The lowest BCUT2D eigenvalue weighted by Gasteiger charge is -2.24. The lowest BCUT2D eigenvalue weighted by atomic mass is 9.99. The largest absolute Gasteiger partial charge is 0.479 e. The van der Waals surface area contributed by atoms with Crippen molar-refractivity contribution in [1.82, 2.24) is 0 Å². The number of carbonyl (C=O) groups is 2. The highest BCUT2D eigenvalue weighted by atomic mass is 16.5. The van der Waals surface area contributed by atoms with Gasteiger partial charge >= 0.3 is 11.9 Å². The van der Waals surface area contributed by atoms with E-state index in [9.17, 15) is 9.59 Å². The minimum Gasteiger partial charge on any atom is -0.479 e. The second-order valence-electron chi connectivity index (χ2n) is 2.96. The monoisotopic (exact) mass is 188 g/mol. The molecule has 0 spiro atoms. The molecule has 0 radical (unpaired) electrons. The number of carbonyl (C=O) groups excluding carboxylic acids is 1. The van der Waals surface area contributed by atoms with Crippen molar-refractivity contribution in [3.05, 3.63) is 0 Å². The van der Waals surface area contributed by atoms with E-state index in [0.29, 0.717) is 12.8 Å². The maximum absolute atomic E-state index is 11.0. The van der Waals surface area contributed by atoms with Gasteiger partial charge in [-0.25, -0.2) is 4.79 Å². The summed E-state index contributed by atoms with van der Waals surface area (Å²) in [6.07, 6.45) is 0.125. The lowest BCUT2D eigenvalue weighted by molar-refractivity contribution is -0.163. The summed E-state index contributed by atoms with van der Waals surface area (Å²) < 4.78 is 9.49. The second-order valence-corrected chi connectivity index (χ2v) is 2.96. The van der Waals surface area contributed by atoms with Gasteiger partial charge in [0.25, 0.3) is 0 Å². The molecule has 0 aromatic carbocycles. The van der Waals surface area contributed by atoms with Crippen LogP contribution in [0.5, 0.6) is 0 Å². The predicted molar refractivity (Wildman–Crippen MR) is 42.1 cm³/mol. The molecule has 0 saturated carbocycles. The van der Waals surface area contributed by atoms with Gasteiger partial charge in [-0.15, -0.1) is 0 Å². The van der Waals surface area contributed by atoms with Crippen molar-refractivity contribution < 1.29 is 24.2 Å². The van der Waals surface area contributed by atoms with Crippen molar-refractivity contribution >= 4 is 11.9 Å². The topological polar surface area (TPSA) is 72.8 Å². The third-order valence-corrected chi connectivity index (χ3v) is 2.09. The molecule has 0 aromatic rings. The minimum absolute atomic E-state index is 0.143. The smallest absolute Gasteiger partial charge is 0.332 e. The van der Waals surface area contributed by atoms with Gasteiger partial charge in [0.15, 0.2) is 6.10 Å². The molecule has 1 rings (SSSR count). The number of hydrogen-bond acceptors (Lipinski definition) is 4. The van der Waals surface area contributed by atoms with Crippen LogP contribution in [0, 0.1) is 5.92 Å². The zero-order chi connectivity index (χ0) is 9.84. The Labute approximate surface area is 75.6 Å². The summed E-state index contributed by atoms with van der Waals surface area (Å²) in [5, 5.41) is 8.58. The summed E-state index contributed by atoms with van der Waals surface area (Å²) in [6, 6.07) is 0. The van der Waals surface area contributed by atoms with Crippen molar-refractivity contribution in [2.75, 3.05) is 13.7 Å². The van der Waals surface area contributed by atoms with Gasteiger partial charge < -0.3 is 14.6 Å². The summed E-state index contributed by atoms with van der Waals surface area (Å²) in [5.41, 5.74) is 0. The normalized spacial score (nSPS) is 28.1. The van der Waals surface area contributed by atoms with Gasteiger partial charge in [-0.05, 0) is 12.8 Å². The van der Waals surface area contributed by atoms with E-state index in [1.807, 2.05) is 0 Å². The van der Waals surface area contributed by atoms with Crippen molar-refractivity contribution in [3.8, 4) is 0 Å². The number of hydrogen-bond donors (Lipinski definition) is 1.